The van der Waals surface area contributed by atoms with Crippen molar-refractivity contribution < 1.29 is 9.47 Å². The van der Waals surface area contributed by atoms with Gasteiger partial charge in [0.05, 0.1) is 26.5 Å². The molecule has 152 valence electrons. The summed E-state index contributed by atoms with van der Waals surface area (Å²) in [5, 5.41) is 3.74. The lowest BCUT2D eigenvalue weighted by Gasteiger charge is -2.30. The molecule has 0 fully saturated rings. The third-order valence-electron chi connectivity index (χ3n) is 4.71. The molecule has 0 aromatic heterocycles. The molecular weight excluding hydrogens is 350 g/mol. The quantitative estimate of drug-likeness (QED) is 0.314. The Hall–Kier alpha value is -1.36. The van der Waals surface area contributed by atoms with Crippen molar-refractivity contribution in [2.75, 3.05) is 19.9 Å². The molecule has 27 heavy (non-hydrogen) atoms. The number of allylic oxidation sites excluding steroid dienone is 1. The highest BCUT2D eigenvalue weighted by atomic mass is 28.3. The third kappa shape index (κ3) is 8.46. The van der Waals surface area contributed by atoms with Crippen LogP contribution in [0.4, 0.5) is 0 Å². The molecule has 0 heterocycles. The van der Waals surface area contributed by atoms with Gasteiger partial charge in [-0.15, -0.1) is 6.58 Å². The highest BCUT2D eigenvalue weighted by Crippen LogP contribution is 2.26. The van der Waals surface area contributed by atoms with E-state index in [2.05, 4.69) is 63.6 Å². The van der Waals surface area contributed by atoms with E-state index in [1.807, 2.05) is 26.0 Å². The van der Waals surface area contributed by atoms with Crippen LogP contribution in [0.2, 0.25) is 19.6 Å². The Morgan fingerprint density at radius 3 is 2.44 bits per heavy atom. The molecular formula is C23H39NO2Si. The maximum atomic E-state index is 6.14. The predicted molar refractivity (Wildman–Crippen MR) is 120 cm³/mol. The first-order valence-corrected chi connectivity index (χ1v) is 13.5. The maximum Gasteiger partial charge on any atom is 0.0963 e. The van der Waals surface area contributed by atoms with Crippen molar-refractivity contribution >= 4 is 8.07 Å². The minimum atomic E-state index is -1.20. The van der Waals surface area contributed by atoms with Gasteiger partial charge in [0.2, 0.25) is 0 Å². The molecule has 0 bridgehead atoms. The van der Waals surface area contributed by atoms with Gasteiger partial charge in [-0.25, -0.2) is 0 Å². The first kappa shape index (κ1) is 23.7. The first-order valence-electron chi connectivity index (χ1n) is 9.84. The highest BCUT2D eigenvalue weighted by molar-refractivity contribution is 6.76. The van der Waals surface area contributed by atoms with E-state index in [1.54, 1.807) is 7.11 Å². The summed E-state index contributed by atoms with van der Waals surface area (Å²) in [7, 11) is 0.505. The van der Waals surface area contributed by atoms with Crippen molar-refractivity contribution in [3.05, 3.63) is 59.4 Å². The summed E-state index contributed by atoms with van der Waals surface area (Å²) in [6.07, 6.45) is 5.15. The monoisotopic (exact) mass is 389 g/mol. The summed E-state index contributed by atoms with van der Waals surface area (Å²) in [6.45, 7) is 20.2. The number of hydrogen-bond donors (Lipinski definition) is 1. The standard InChI is InChI=1S/C23H39NO2Si/c1-10-23(24-16-27(7,8)9)22(15-26-20(5)14-19(4)25-6)21-12-11-17(2)13-18(21)3/h10-14,19,22-24H,1,15-16H2,2-9H3/b20-14-. The second-order valence-electron chi connectivity index (χ2n) is 8.70. The van der Waals surface area contributed by atoms with E-state index in [0.717, 1.165) is 11.9 Å². The molecule has 4 heteroatoms. The van der Waals surface area contributed by atoms with Crippen molar-refractivity contribution in [1.82, 2.24) is 5.32 Å². The summed E-state index contributed by atoms with van der Waals surface area (Å²) in [5.41, 5.74) is 3.91. The van der Waals surface area contributed by atoms with Gasteiger partial charge in [-0.2, -0.15) is 0 Å². The van der Waals surface area contributed by atoms with Crippen LogP contribution >= 0.6 is 0 Å². The third-order valence-corrected chi connectivity index (χ3v) is 5.98. The SMILES string of the molecule is C=CC(NC[Si](C)(C)C)C(CO/C(C)=C\C(C)OC)c1ccc(C)cc1C. The molecule has 1 rings (SSSR count). The molecule has 3 atom stereocenters. The molecule has 1 aromatic carbocycles. The van der Waals surface area contributed by atoms with Gasteiger partial charge in [-0.1, -0.05) is 49.5 Å². The van der Waals surface area contributed by atoms with Gasteiger partial charge < -0.3 is 14.8 Å². The number of benzene rings is 1. The zero-order chi connectivity index (χ0) is 20.6. The van der Waals surface area contributed by atoms with Crippen LogP contribution in [0.15, 0.2) is 42.7 Å². The number of aryl methyl sites for hydroxylation is 2. The van der Waals surface area contributed by atoms with E-state index in [4.69, 9.17) is 9.47 Å². The molecule has 0 aliphatic rings. The van der Waals surface area contributed by atoms with Gasteiger partial charge in [0.25, 0.3) is 0 Å². The van der Waals surface area contributed by atoms with Gasteiger partial charge in [-0.3, -0.25) is 0 Å². The summed E-state index contributed by atoms with van der Waals surface area (Å²) in [5.74, 6) is 1.10. The van der Waals surface area contributed by atoms with Crippen molar-refractivity contribution in [3.8, 4) is 0 Å². The second-order valence-corrected chi connectivity index (χ2v) is 14.2. The van der Waals surface area contributed by atoms with Gasteiger partial charge in [0.15, 0.2) is 0 Å². The molecule has 0 saturated heterocycles. The van der Waals surface area contributed by atoms with E-state index < -0.39 is 8.07 Å². The molecule has 0 aliphatic carbocycles. The molecule has 0 amide bonds. The Morgan fingerprint density at radius 1 is 1.26 bits per heavy atom. The number of methoxy groups -OCH3 is 1. The molecule has 0 saturated carbocycles. The van der Waals surface area contributed by atoms with Gasteiger partial charge in [0, 0.05) is 19.1 Å². The maximum absolute atomic E-state index is 6.14. The minimum Gasteiger partial charge on any atom is -0.498 e. The number of ether oxygens (including phenoxy) is 2. The van der Waals surface area contributed by atoms with E-state index in [9.17, 15) is 0 Å². The van der Waals surface area contributed by atoms with Crippen molar-refractivity contribution in [2.24, 2.45) is 0 Å². The van der Waals surface area contributed by atoms with Crippen molar-refractivity contribution in [1.29, 1.82) is 0 Å². The Bertz CT molecular complexity index is 634. The second kappa shape index (κ2) is 10.8. The van der Waals surface area contributed by atoms with Crippen LogP contribution in [-0.2, 0) is 9.47 Å². The predicted octanol–water partition coefficient (Wildman–Crippen LogP) is 5.36. The van der Waals surface area contributed by atoms with Gasteiger partial charge in [0.1, 0.15) is 0 Å². The first-order chi connectivity index (χ1) is 12.6. The van der Waals surface area contributed by atoms with Crippen LogP contribution in [0.1, 0.15) is 36.5 Å². The normalized spacial score (nSPS) is 15.9. The summed E-state index contributed by atoms with van der Waals surface area (Å²) < 4.78 is 11.4. The fraction of sp³-hybridized carbons (Fsp3) is 0.565. The molecule has 3 nitrogen and oxygen atoms in total. The molecule has 1 aromatic rings. The summed E-state index contributed by atoms with van der Waals surface area (Å²) in [6, 6.07) is 6.84. The van der Waals surface area contributed by atoms with Crippen molar-refractivity contribution in [3.63, 3.8) is 0 Å². The van der Waals surface area contributed by atoms with Crippen LogP contribution in [0, 0.1) is 13.8 Å². The lowest BCUT2D eigenvalue weighted by molar-refractivity contribution is 0.141. The van der Waals surface area contributed by atoms with Crippen LogP contribution in [-0.4, -0.2) is 40.1 Å². The zero-order valence-corrected chi connectivity index (χ0v) is 19.6. The number of nitrogens with one attached hydrogen (secondary N) is 1. The van der Waals surface area contributed by atoms with Crippen LogP contribution in [0.25, 0.3) is 0 Å². The lowest BCUT2D eigenvalue weighted by Crippen LogP contribution is -2.44. The highest BCUT2D eigenvalue weighted by Gasteiger charge is 2.25. The van der Waals surface area contributed by atoms with E-state index in [1.165, 1.54) is 16.7 Å². The molecule has 0 aliphatic heterocycles. The average Bonchev–Trinajstić information content (AvgIpc) is 2.57. The Kier molecular flexibility index (Phi) is 9.50. The average molecular weight is 390 g/mol. The number of rotatable bonds is 11. The van der Waals surface area contributed by atoms with Crippen LogP contribution in [0.3, 0.4) is 0 Å². The van der Waals surface area contributed by atoms with Crippen LogP contribution < -0.4 is 5.32 Å². The van der Waals surface area contributed by atoms with Crippen molar-refractivity contribution in [2.45, 2.75) is 65.4 Å². The summed E-state index contributed by atoms with van der Waals surface area (Å²) >= 11 is 0. The van der Waals surface area contributed by atoms with E-state index in [0.29, 0.717) is 6.61 Å². The van der Waals surface area contributed by atoms with E-state index >= 15 is 0 Å². The van der Waals surface area contributed by atoms with Gasteiger partial charge in [-0.05, 0) is 51.1 Å². The molecule has 3 unspecified atom stereocenters. The topological polar surface area (TPSA) is 30.5 Å². The largest absolute Gasteiger partial charge is 0.498 e. The summed E-state index contributed by atoms with van der Waals surface area (Å²) in [4.78, 5) is 0. The Morgan fingerprint density at radius 2 is 1.93 bits per heavy atom. The zero-order valence-electron chi connectivity index (χ0n) is 18.6. The molecule has 1 N–H and O–H groups in total. The Balaban J connectivity index is 3.07. The van der Waals surface area contributed by atoms with Crippen LogP contribution in [0.5, 0.6) is 0 Å². The fourth-order valence-electron chi connectivity index (χ4n) is 3.11. The van der Waals surface area contributed by atoms with Gasteiger partial charge >= 0.3 is 0 Å². The molecule has 0 radical (unpaired) electrons. The number of hydrogen-bond acceptors (Lipinski definition) is 3. The smallest absolute Gasteiger partial charge is 0.0963 e. The Labute approximate surface area is 167 Å². The fourth-order valence-corrected chi connectivity index (χ4v) is 3.96. The molecule has 0 spiro atoms. The minimum absolute atomic E-state index is 0.0461. The van der Waals surface area contributed by atoms with E-state index in [-0.39, 0.29) is 18.1 Å². The lowest BCUT2D eigenvalue weighted by atomic mass is 9.88.